The molecule has 1 aliphatic rings. The van der Waals surface area contributed by atoms with Crippen LogP contribution in [0.2, 0.25) is 0 Å². The fourth-order valence-corrected chi connectivity index (χ4v) is 6.50. The molecule has 0 aromatic heterocycles. The smallest absolute Gasteiger partial charge is 0.428 e. The summed E-state index contributed by atoms with van der Waals surface area (Å²) < 4.78 is 17.1. The van der Waals surface area contributed by atoms with E-state index in [0.29, 0.717) is 30.5 Å². The molecule has 47 heavy (non-hydrogen) atoms. The molecular weight excluding hydrogens is 598 g/mol. The van der Waals surface area contributed by atoms with E-state index in [1.54, 1.807) is 12.1 Å². The molecule has 10 nitrogen and oxygen atoms in total. The first-order chi connectivity index (χ1) is 22.5. The predicted molar refractivity (Wildman–Crippen MR) is 179 cm³/mol. The van der Waals surface area contributed by atoms with Gasteiger partial charge < -0.3 is 23.2 Å². The quantitative estimate of drug-likeness (QED) is 0.0542. The highest BCUT2D eigenvalue weighted by molar-refractivity contribution is 5.69. The third kappa shape index (κ3) is 11.5. The molecule has 1 atom stereocenters. The van der Waals surface area contributed by atoms with Gasteiger partial charge in [-0.1, -0.05) is 48.5 Å². The van der Waals surface area contributed by atoms with Gasteiger partial charge in [0.1, 0.15) is 32.8 Å². The maximum atomic E-state index is 12.4. The highest BCUT2D eigenvalue weighted by atomic mass is 16.8. The molecule has 0 aliphatic carbocycles. The fraction of sp³-hybridized carbons (Fsp3) is 0.459. The molecule has 1 saturated heterocycles. The Hall–Kier alpha value is -4.28. The molecule has 0 N–H and O–H groups in total. The van der Waals surface area contributed by atoms with Crippen LogP contribution in [0.1, 0.15) is 59.9 Å². The molecule has 0 saturated carbocycles. The normalized spacial score (nSPS) is 15.3. The van der Waals surface area contributed by atoms with Crippen molar-refractivity contribution in [3.05, 3.63) is 111 Å². The first kappa shape index (κ1) is 35.6. The molecule has 0 radical (unpaired) electrons. The molecule has 1 heterocycles. The number of nitro groups is 1. The van der Waals surface area contributed by atoms with Gasteiger partial charge in [-0.05, 0) is 56.4 Å². The topological polar surface area (TPSA) is 105 Å². The summed E-state index contributed by atoms with van der Waals surface area (Å²) in [6.45, 7) is 9.58. The van der Waals surface area contributed by atoms with Crippen molar-refractivity contribution in [3.63, 3.8) is 0 Å². The SMILES string of the molecule is Cc1ccc(C[N+](C)(CCOC(=O)OCOC(=O)CCC[N+]2(Cc3ccccc3)CCCCC2)Cc2ccc([N+](=O)[O-])cc2)cc1C. The second-order valence-electron chi connectivity index (χ2n) is 13.2. The molecule has 0 spiro atoms. The minimum Gasteiger partial charge on any atom is -0.428 e. The number of carbonyl (C=O) groups is 2. The van der Waals surface area contributed by atoms with Gasteiger partial charge in [0.2, 0.25) is 6.79 Å². The summed E-state index contributed by atoms with van der Waals surface area (Å²) in [6.07, 6.45) is 3.74. The largest absolute Gasteiger partial charge is 0.511 e. The van der Waals surface area contributed by atoms with Gasteiger partial charge >= 0.3 is 12.1 Å². The summed E-state index contributed by atoms with van der Waals surface area (Å²) in [5.41, 5.74) is 5.84. The van der Waals surface area contributed by atoms with Crippen LogP contribution in [-0.4, -0.2) is 72.6 Å². The number of hydrogen-bond acceptors (Lipinski definition) is 7. The van der Waals surface area contributed by atoms with Crippen LogP contribution in [0.5, 0.6) is 0 Å². The number of piperidine rings is 1. The van der Waals surface area contributed by atoms with Crippen LogP contribution in [-0.2, 0) is 38.6 Å². The van der Waals surface area contributed by atoms with Gasteiger partial charge in [-0.15, -0.1) is 0 Å². The highest BCUT2D eigenvalue weighted by Gasteiger charge is 2.30. The summed E-state index contributed by atoms with van der Waals surface area (Å²) in [5.74, 6) is -0.395. The zero-order chi connectivity index (χ0) is 33.7. The van der Waals surface area contributed by atoms with Crippen molar-refractivity contribution in [1.82, 2.24) is 0 Å². The molecule has 0 amide bonds. The molecule has 4 rings (SSSR count). The third-order valence-electron chi connectivity index (χ3n) is 9.23. The van der Waals surface area contributed by atoms with E-state index in [-0.39, 0.29) is 18.7 Å². The Morgan fingerprint density at radius 3 is 2.19 bits per heavy atom. The van der Waals surface area contributed by atoms with Crippen molar-refractivity contribution in [2.24, 2.45) is 0 Å². The zero-order valence-corrected chi connectivity index (χ0v) is 28.0. The van der Waals surface area contributed by atoms with Crippen molar-refractivity contribution in [2.75, 3.05) is 46.6 Å². The number of hydrogen-bond donors (Lipinski definition) is 0. The van der Waals surface area contributed by atoms with Crippen molar-refractivity contribution in [2.45, 2.75) is 65.6 Å². The van der Waals surface area contributed by atoms with Gasteiger partial charge in [-0.25, -0.2) is 4.79 Å². The molecule has 0 bridgehead atoms. The van der Waals surface area contributed by atoms with E-state index in [2.05, 4.69) is 63.4 Å². The molecular formula is C37H49N3O7+2. The van der Waals surface area contributed by atoms with Gasteiger partial charge in [0.05, 0.1) is 38.0 Å². The Kier molecular flexibility index (Phi) is 12.9. The number of nitrogens with zero attached hydrogens (tertiary/aromatic N) is 3. The van der Waals surface area contributed by atoms with E-state index in [1.807, 2.05) is 6.07 Å². The number of likely N-dealkylation sites (tertiary alicyclic amines) is 1. The van der Waals surface area contributed by atoms with E-state index in [4.69, 9.17) is 14.2 Å². The Labute approximate surface area is 278 Å². The zero-order valence-electron chi connectivity index (χ0n) is 28.0. The van der Waals surface area contributed by atoms with Crippen LogP contribution in [0.3, 0.4) is 0 Å². The third-order valence-corrected chi connectivity index (χ3v) is 9.23. The number of non-ortho nitro benzene ring substituents is 1. The number of ether oxygens (including phenoxy) is 3. The lowest BCUT2D eigenvalue weighted by molar-refractivity contribution is -0.945. The standard InChI is InChI=1S/C37H49N3O7/c1-30-14-15-34(25-31(30)2)27-39(3,26-33-16-18-35(19-17-33)38(43)44)23-24-45-37(42)47-29-46-36(41)13-10-22-40(20-8-5-9-21-40)28-32-11-6-4-7-12-32/h4,6-7,11-12,14-19,25H,5,8-10,13,20-24,26-29H2,1-3H3/q+2. The second kappa shape index (κ2) is 17.0. The van der Waals surface area contributed by atoms with E-state index < -0.39 is 23.8 Å². The Bertz CT molecular complexity index is 1470. The van der Waals surface area contributed by atoms with Crippen LogP contribution in [0.25, 0.3) is 0 Å². The van der Waals surface area contributed by atoms with Gasteiger partial charge in [-0.2, -0.15) is 0 Å². The Morgan fingerprint density at radius 2 is 1.51 bits per heavy atom. The minimum atomic E-state index is -0.897. The van der Waals surface area contributed by atoms with Gasteiger partial charge in [0, 0.05) is 35.2 Å². The lowest BCUT2D eigenvalue weighted by atomic mass is 10.0. The van der Waals surface area contributed by atoms with Crippen molar-refractivity contribution < 1.29 is 37.7 Å². The number of carbonyl (C=O) groups excluding carboxylic acids is 2. The number of nitro benzene ring substituents is 1. The number of quaternary nitrogens is 2. The minimum absolute atomic E-state index is 0.0410. The summed E-state index contributed by atoms with van der Waals surface area (Å²) >= 11 is 0. The molecule has 1 aliphatic heterocycles. The summed E-state index contributed by atoms with van der Waals surface area (Å²) in [4.78, 5) is 35.5. The maximum Gasteiger partial charge on any atom is 0.511 e. The van der Waals surface area contributed by atoms with Crippen LogP contribution < -0.4 is 0 Å². The van der Waals surface area contributed by atoms with Crippen molar-refractivity contribution in [3.8, 4) is 0 Å². The number of likely N-dealkylation sites (N-methyl/N-ethyl adjacent to an activating group) is 1. The molecule has 1 unspecified atom stereocenters. The second-order valence-corrected chi connectivity index (χ2v) is 13.2. The summed E-state index contributed by atoms with van der Waals surface area (Å²) in [5, 5.41) is 11.1. The monoisotopic (exact) mass is 647 g/mol. The number of benzene rings is 3. The van der Waals surface area contributed by atoms with Crippen LogP contribution >= 0.6 is 0 Å². The lowest BCUT2D eigenvalue weighted by Crippen LogP contribution is -2.51. The van der Waals surface area contributed by atoms with Crippen LogP contribution in [0.15, 0.2) is 72.8 Å². The van der Waals surface area contributed by atoms with Gasteiger partial charge in [-0.3, -0.25) is 14.9 Å². The van der Waals surface area contributed by atoms with Crippen LogP contribution in [0, 0.1) is 24.0 Å². The molecule has 3 aromatic rings. The average molecular weight is 648 g/mol. The average Bonchev–Trinajstić information content (AvgIpc) is 3.04. The lowest BCUT2D eigenvalue weighted by Gasteiger charge is -2.41. The first-order valence-electron chi connectivity index (χ1n) is 16.5. The molecule has 10 heteroatoms. The van der Waals surface area contributed by atoms with Crippen LogP contribution in [0.4, 0.5) is 10.5 Å². The maximum absolute atomic E-state index is 12.4. The van der Waals surface area contributed by atoms with Gasteiger partial charge in [0.15, 0.2) is 0 Å². The summed E-state index contributed by atoms with van der Waals surface area (Å²) in [7, 11) is 2.06. The fourth-order valence-electron chi connectivity index (χ4n) is 6.50. The van der Waals surface area contributed by atoms with Gasteiger partial charge in [0.25, 0.3) is 5.69 Å². The van der Waals surface area contributed by atoms with Crippen molar-refractivity contribution in [1.29, 1.82) is 0 Å². The van der Waals surface area contributed by atoms with E-state index in [1.165, 1.54) is 48.1 Å². The number of rotatable bonds is 16. The highest BCUT2D eigenvalue weighted by Crippen LogP contribution is 2.24. The van der Waals surface area contributed by atoms with E-state index >= 15 is 0 Å². The Balaban J connectivity index is 1.22. The molecule has 252 valence electrons. The Morgan fingerprint density at radius 1 is 0.830 bits per heavy atom. The first-order valence-corrected chi connectivity index (χ1v) is 16.5. The van der Waals surface area contributed by atoms with E-state index in [9.17, 15) is 19.7 Å². The summed E-state index contributed by atoms with van der Waals surface area (Å²) in [6, 6.07) is 23.4. The molecule has 3 aromatic carbocycles. The predicted octanol–water partition coefficient (Wildman–Crippen LogP) is 6.99. The van der Waals surface area contributed by atoms with Crippen molar-refractivity contribution >= 4 is 17.8 Å². The molecule has 1 fully saturated rings. The number of aryl methyl sites for hydroxylation is 2. The van der Waals surface area contributed by atoms with E-state index in [0.717, 1.165) is 41.8 Å². The number of esters is 1.